The minimum atomic E-state index is -0.135. The van der Waals surface area contributed by atoms with Crippen LogP contribution in [-0.4, -0.2) is 23.0 Å². The largest absolute Gasteiger partial charge is 0.381 e. The lowest BCUT2D eigenvalue weighted by atomic mass is 10.1. The Balaban J connectivity index is 2.26. The maximum atomic E-state index is 11.5. The van der Waals surface area contributed by atoms with Crippen LogP contribution >= 0.6 is 11.6 Å². The number of ether oxygens (including phenoxy) is 1. The molecule has 2 rings (SSSR count). The molecule has 1 aromatic heterocycles. The van der Waals surface area contributed by atoms with Crippen LogP contribution in [0.25, 0.3) is 0 Å². The van der Waals surface area contributed by atoms with E-state index in [2.05, 4.69) is 5.10 Å². The van der Waals surface area contributed by atoms with E-state index in [0.29, 0.717) is 18.2 Å². The van der Waals surface area contributed by atoms with E-state index in [1.807, 2.05) is 0 Å². The summed E-state index contributed by atoms with van der Waals surface area (Å²) in [5.74, 6) is 0. The van der Waals surface area contributed by atoms with Gasteiger partial charge in [0, 0.05) is 19.3 Å². The first kappa shape index (κ1) is 9.68. The van der Waals surface area contributed by atoms with Crippen molar-refractivity contribution in [2.75, 3.05) is 13.2 Å². The van der Waals surface area contributed by atoms with Crippen molar-refractivity contribution >= 4 is 11.6 Å². The van der Waals surface area contributed by atoms with Gasteiger partial charge in [-0.2, -0.15) is 5.10 Å². The topological polar surface area (TPSA) is 44.1 Å². The lowest BCUT2D eigenvalue weighted by Crippen LogP contribution is -2.30. The predicted molar refractivity (Wildman–Crippen MR) is 52.6 cm³/mol. The highest BCUT2D eigenvalue weighted by molar-refractivity contribution is 6.30. The van der Waals surface area contributed by atoms with Gasteiger partial charge in [-0.3, -0.25) is 4.79 Å². The molecule has 0 amide bonds. The molecule has 14 heavy (non-hydrogen) atoms. The molecule has 76 valence electrons. The van der Waals surface area contributed by atoms with Gasteiger partial charge in [0.05, 0.1) is 17.3 Å². The van der Waals surface area contributed by atoms with Crippen LogP contribution in [0.5, 0.6) is 0 Å². The molecule has 0 atom stereocenters. The predicted octanol–water partition coefficient (Wildman–Crippen LogP) is 1.25. The summed E-state index contributed by atoms with van der Waals surface area (Å²) in [6, 6.07) is 1.55. The SMILES string of the molecule is O=c1cc(Cl)cnn1C1CCOCC1. The van der Waals surface area contributed by atoms with E-state index in [1.54, 1.807) is 0 Å². The van der Waals surface area contributed by atoms with E-state index in [9.17, 15) is 4.79 Å². The summed E-state index contributed by atoms with van der Waals surface area (Å²) in [4.78, 5) is 11.5. The second kappa shape index (κ2) is 4.11. The van der Waals surface area contributed by atoms with Crippen molar-refractivity contribution in [3.8, 4) is 0 Å². The average Bonchev–Trinajstić information content (AvgIpc) is 2.19. The van der Waals surface area contributed by atoms with Gasteiger partial charge in [0.15, 0.2) is 0 Å². The van der Waals surface area contributed by atoms with Crippen molar-refractivity contribution in [3.63, 3.8) is 0 Å². The molecule has 0 aliphatic carbocycles. The van der Waals surface area contributed by atoms with Crippen molar-refractivity contribution in [2.45, 2.75) is 18.9 Å². The van der Waals surface area contributed by atoms with Gasteiger partial charge in [0.1, 0.15) is 0 Å². The van der Waals surface area contributed by atoms with Gasteiger partial charge in [0.25, 0.3) is 5.56 Å². The van der Waals surface area contributed by atoms with Crippen LogP contribution in [0.1, 0.15) is 18.9 Å². The summed E-state index contributed by atoms with van der Waals surface area (Å²) in [6.45, 7) is 1.39. The van der Waals surface area contributed by atoms with Crippen molar-refractivity contribution < 1.29 is 4.74 Å². The third kappa shape index (κ3) is 1.96. The van der Waals surface area contributed by atoms with Crippen molar-refractivity contribution in [1.82, 2.24) is 9.78 Å². The van der Waals surface area contributed by atoms with E-state index in [-0.39, 0.29) is 11.6 Å². The molecule has 1 fully saturated rings. The summed E-state index contributed by atoms with van der Waals surface area (Å²) in [5, 5.41) is 4.41. The average molecular weight is 215 g/mol. The summed E-state index contributed by atoms with van der Waals surface area (Å²) in [5.41, 5.74) is -0.135. The van der Waals surface area contributed by atoms with Crippen LogP contribution in [0, 0.1) is 0 Å². The van der Waals surface area contributed by atoms with Crippen LogP contribution < -0.4 is 5.56 Å². The molecule has 5 heteroatoms. The van der Waals surface area contributed by atoms with Gasteiger partial charge in [-0.05, 0) is 12.8 Å². The molecule has 0 aromatic carbocycles. The summed E-state index contributed by atoms with van der Waals surface area (Å²) >= 11 is 5.66. The minimum Gasteiger partial charge on any atom is -0.381 e. The Morgan fingerprint density at radius 1 is 1.50 bits per heavy atom. The molecule has 1 aromatic rings. The molecule has 1 aliphatic rings. The lowest BCUT2D eigenvalue weighted by Gasteiger charge is -2.22. The first-order valence-corrected chi connectivity index (χ1v) is 4.97. The van der Waals surface area contributed by atoms with Crippen LogP contribution in [0.2, 0.25) is 5.02 Å². The maximum Gasteiger partial charge on any atom is 0.268 e. The Morgan fingerprint density at radius 2 is 2.21 bits per heavy atom. The minimum absolute atomic E-state index is 0.135. The Labute approximate surface area is 86.4 Å². The third-order valence-electron chi connectivity index (χ3n) is 2.33. The maximum absolute atomic E-state index is 11.5. The molecular formula is C9H11ClN2O2. The molecule has 1 aliphatic heterocycles. The van der Waals surface area contributed by atoms with Gasteiger partial charge in [0.2, 0.25) is 0 Å². The molecule has 0 saturated carbocycles. The number of halogens is 1. The molecule has 2 heterocycles. The van der Waals surface area contributed by atoms with E-state index in [1.165, 1.54) is 16.9 Å². The number of rotatable bonds is 1. The van der Waals surface area contributed by atoms with Gasteiger partial charge in [-0.25, -0.2) is 4.68 Å². The van der Waals surface area contributed by atoms with Crippen LogP contribution in [0.15, 0.2) is 17.1 Å². The Kier molecular flexibility index (Phi) is 2.84. The molecular weight excluding hydrogens is 204 g/mol. The van der Waals surface area contributed by atoms with E-state index in [0.717, 1.165) is 12.8 Å². The fraction of sp³-hybridized carbons (Fsp3) is 0.556. The quantitative estimate of drug-likeness (QED) is 0.707. The van der Waals surface area contributed by atoms with Gasteiger partial charge in [-0.15, -0.1) is 0 Å². The highest BCUT2D eigenvalue weighted by Gasteiger charge is 2.17. The molecule has 0 bridgehead atoms. The molecule has 0 radical (unpaired) electrons. The zero-order valence-electron chi connectivity index (χ0n) is 7.65. The fourth-order valence-corrected chi connectivity index (χ4v) is 1.74. The van der Waals surface area contributed by atoms with E-state index < -0.39 is 0 Å². The van der Waals surface area contributed by atoms with Crippen LogP contribution in [-0.2, 0) is 4.74 Å². The fourth-order valence-electron chi connectivity index (χ4n) is 1.60. The highest BCUT2D eigenvalue weighted by atomic mass is 35.5. The second-order valence-electron chi connectivity index (χ2n) is 3.30. The third-order valence-corrected chi connectivity index (χ3v) is 2.54. The normalized spacial score (nSPS) is 18.4. The zero-order valence-corrected chi connectivity index (χ0v) is 8.41. The first-order chi connectivity index (χ1) is 6.77. The molecule has 4 nitrogen and oxygen atoms in total. The first-order valence-electron chi connectivity index (χ1n) is 4.59. The lowest BCUT2D eigenvalue weighted by molar-refractivity contribution is 0.0648. The second-order valence-corrected chi connectivity index (χ2v) is 3.74. The van der Waals surface area contributed by atoms with Gasteiger partial charge >= 0.3 is 0 Å². The summed E-state index contributed by atoms with van der Waals surface area (Å²) < 4.78 is 6.71. The molecule has 0 spiro atoms. The number of hydrogen-bond acceptors (Lipinski definition) is 3. The number of hydrogen-bond donors (Lipinski definition) is 0. The van der Waals surface area contributed by atoms with Crippen LogP contribution in [0.3, 0.4) is 0 Å². The van der Waals surface area contributed by atoms with Crippen molar-refractivity contribution in [1.29, 1.82) is 0 Å². The standard InChI is InChI=1S/C9H11ClN2O2/c10-7-5-9(13)12(11-6-7)8-1-3-14-4-2-8/h5-6,8H,1-4H2. The molecule has 1 saturated heterocycles. The molecule has 0 N–H and O–H groups in total. The van der Waals surface area contributed by atoms with Gasteiger partial charge in [-0.1, -0.05) is 11.6 Å². The zero-order chi connectivity index (χ0) is 9.97. The number of aromatic nitrogens is 2. The van der Waals surface area contributed by atoms with Crippen molar-refractivity contribution in [3.05, 3.63) is 27.6 Å². The summed E-state index contributed by atoms with van der Waals surface area (Å²) in [6.07, 6.45) is 3.18. The van der Waals surface area contributed by atoms with E-state index in [4.69, 9.17) is 16.3 Å². The Hall–Kier alpha value is -0.870. The molecule has 0 unspecified atom stereocenters. The van der Waals surface area contributed by atoms with Crippen molar-refractivity contribution in [2.24, 2.45) is 0 Å². The Morgan fingerprint density at radius 3 is 2.86 bits per heavy atom. The van der Waals surface area contributed by atoms with E-state index >= 15 is 0 Å². The highest BCUT2D eigenvalue weighted by Crippen LogP contribution is 2.17. The van der Waals surface area contributed by atoms with Gasteiger partial charge < -0.3 is 4.74 Å². The van der Waals surface area contributed by atoms with Crippen LogP contribution in [0.4, 0.5) is 0 Å². The smallest absolute Gasteiger partial charge is 0.268 e. The number of nitrogens with zero attached hydrogens (tertiary/aromatic N) is 2. The Bertz CT molecular complexity index is 371. The monoisotopic (exact) mass is 214 g/mol. The summed E-state index contributed by atoms with van der Waals surface area (Å²) in [7, 11) is 0.